The number of ether oxygens (including phenoxy) is 2. The van der Waals surface area contributed by atoms with E-state index in [9.17, 15) is 13.2 Å². The van der Waals surface area contributed by atoms with E-state index in [1.165, 1.54) is 22.8 Å². The predicted molar refractivity (Wildman–Crippen MR) is 69.6 cm³/mol. The highest BCUT2D eigenvalue weighted by Crippen LogP contribution is 2.25. The minimum atomic E-state index is -3.55. The summed E-state index contributed by atoms with van der Waals surface area (Å²) < 4.78 is 36.1. The molecule has 1 aromatic heterocycles. The third kappa shape index (κ3) is 2.97. The number of rotatable bonds is 3. The first-order chi connectivity index (χ1) is 8.95. The fourth-order valence-corrected chi connectivity index (χ4v) is 4.66. The summed E-state index contributed by atoms with van der Waals surface area (Å²) in [5.41, 5.74) is 0. The van der Waals surface area contributed by atoms with Gasteiger partial charge in [-0.05, 0) is 19.1 Å². The van der Waals surface area contributed by atoms with E-state index in [1.807, 2.05) is 6.92 Å². The lowest BCUT2D eigenvalue weighted by atomic mass is 10.3. The lowest BCUT2D eigenvalue weighted by molar-refractivity contribution is -0.157. The Morgan fingerprint density at radius 3 is 2.84 bits per heavy atom. The van der Waals surface area contributed by atoms with Gasteiger partial charge in [0.05, 0.1) is 20.3 Å². The zero-order valence-corrected chi connectivity index (χ0v) is 12.3. The second-order valence-electron chi connectivity index (χ2n) is 4.11. The molecule has 1 saturated heterocycles. The first-order valence-electron chi connectivity index (χ1n) is 5.71. The molecule has 2 heterocycles. The zero-order valence-electron chi connectivity index (χ0n) is 10.7. The molecule has 1 aliphatic rings. The van der Waals surface area contributed by atoms with Crippen LogP contribution in [0.5, 0.6) is 0 Å². The molecule has 0 N–H and O–H groups in total. The molecule has 0 aromatic carbocycles. The predicted octanol–water partition coefficient (Wildman–Crippen LogP) is 0.619. The van der Waals surface area contributed by atoms with Crippen molar-refractivity contribution in [1.29, 1.82) is 0 Å². The summed E-state index contributed by atoms with van der Waals surface area (Å²) in [6, 6.07) is 3.34. The highest BCUT2D eigenvalue weighted by atomic mass is 32.2. The Bertz CT molecular complexity index is 565. The molecular weight excluding hydrogens is 290 g/mol. The van der Waals surface area contributed by atoms with Gasteiger partial charge in [-0.2, -0.15) is 4.31 Å². The van der Waals surface area contributed by atoms with Crippen molar-refractivity contribution in [3.63, 3.8) is 0 Å². The smallest absolute Gasteiger partial charge is 0.336 e. The molecule has 0 aliphatic carbocycles. The van der Waals surface area contributed by atoms with Gasteiger partial charge >= 0.3 is 5.97 Å². The maximum absolute atomic E-state index is 12.4. The number of nitrogens with zero attached hydrogens (tertiary/aromatic N) is 1. The average molecular weight is 305 g/mol. The standard InChI is InChI=1S/C11H15NO5S2/c1-8-3-4-10(18-8)19(14,15)12-5-6-17-9(7-12)11(13)16-2/h3-4,9H,5-7H2,1-2H3. The van der Waals surface area contributed by atoms with Gasteiger partial charge in [0.2, 0.25) is 0 Å². The van der Waals surface area contributed by atoms with Crippen LogP contribution in [0.25, 0.3) is 0 Å². The zero-order chi connectivity index (χ0) is 14.0. The summed E-state index contributed by atoms with van der Waals surface area (Å²) in [7, 11) is -2.30. The van der Waals surface area contributed by atoms with Gasteiger partial charge in [-0.15, -0.1) is 11.3 Å². The number of methoxy groups -OCH3 is 1. The molecule has 1 aliphatic heterocycles. The van der Waals surface area contributed by atoms with Crippen molar-refractivity contribution in [1.82, 2.24) is 4.31 Å². The van der Waals surface area contributed by atoms with Crippen LogP contribution in [0.2, 0.25) is 0 Å². The lowest BCUT2D eigenvalue weighted by Crippen LogP contribution is -2.48. The molecule has 0 saturated carbocycles. The maximum atomic E-state index is 12.4. The fraction of sp³-hybridized carbons (Fsp3) is 0.545. The van der Waals surface area contributed by atoms with Crippen molar-refractivity contribution in [2.45, 2.75) is 17.2 Å². The van der Waals surface area contributed by atoms with E-state index < -0.39 is 22.1 Å². The topological polar surface area (TPSA) is 72.9 Å². The van der Waals surface area contributed by atoms with Crippen molar-refractivity contribution in [2.75, 3.05) is 26.8 Å². The Kier molecular flexibility index (Phi) is 4.24. The quantitative estimate of drug-likeness (QED) is 0.765. The van der Waals surface area contributed by atoms with Gasteiger partial charge in [0.1, 0.15) is 4.21 Å². The molecular formula is C11H15NO5S2. The summed E-state index contributed by atoms with van der Waals surface area (Å²) in [5.74, 6) is -0.553. The third-order valence-corrected chi connectivity index (χ3v) is 6.14. The van der Waals surface area contributed by atoms with Crippen molar-refractivity contribution < 1.29 is 22.7 Å². The average Bonchev–Trinajstić information content (AvgIpc) is 2.85. The van der Waals surface area contributed by atoms with E-state index in [2.05, 4.69) is 4.74 Å². The Labute approximate surface area is 116 Å². The highest BCUT2D eigenvalue weighted by molar-refractivity contribution is 7.91. The molecule has 0 amide bonds. The van der Waals surface area contributed by atoms with Crippen LogP contribution in [0.1, 0.15) is 4.88 Å². The molecule has 106 valence electrons. The Hall–Kier alpha value is -0.960. The molecule has 0 radical (unpaired) electrons. The fourth-order valence-electron chi connectivity index (χ4n) is 1.80. The monoisotopic (exact) mass is 305 g/mol. The van der Waals surface area contributed by atoms with Crippen LogP contribution in [0.4, 0.5) is 0 Å². The van der Waals surface area contributed by atoms with Crippen LogP contribution in [-0.4, -0.2) is 51.6 Å². The Morgan fingerprint density at radius 2 is 2.26 bits per heavy atom. The number of carbonyl (C=O) groups is 1. The minimum Gasteiger partial charge on any atom is -0.467 e. The summed E-state index contributed by atoms with van der Waals surface area (Å²) in [6.45, 7) is 2.27. The Morgan fingerprint density at radius 1 is 1.53 bits per heavy atom. The van der Waals surface area contributed by atoms with Gasteiger partial charge in [0, 0.05) is 11.4 Å². The van der Waals surface area contributed by atoms with Crippen LogP contribution in [-0.2, 0) is 24.3 Å². The molecule has 19 heavy (non-hydrogen) atoms. The molecule has 0 bridgehead atoms. The molecule has 6 nitrogen and oxygen atoms in total. The number of sulfonamides is 1. The van der Waals surface area contributed by atoms with E-state index in [0.717, 1.165) is 4.88 Å². The summed E-state index contributed by atoms with van der Waals surface area (Å²) in [4.78, 5) is 12.3. The number of esters is 1. The van der Waals surface area contributed by atoms with Gasteiger partial charge in [0.15, 0.2) is 6.10 Å². The molecule has 1 atom stereocenters. The second-order valence-corrected chi connectivity index (χ2v) is 7.56. The van der Waals surface area contributed by atoms with E-state index in [4.69, 9.17) is 4.74 Å². The molecule has 1 aromatic rings. The van der Waals surface area contributed by atoms with E-state index in [1.54, 1.807) is 12.1 Å². The molecule has 8 heteroatoms. The van der Waals surface area contributed by atoms with E-state index in [-0.39, 0.29) is 23.9 Å². The van der Waals surface area contributed by atoms with E-state index in [0.29, 0.717) is 0 Å². The number of aryl methyl sites for hydroxylation is 1. The first kappa shape index (κ1) is 14.4. The number of morpholine rings is 1. The Balaban J connectivity index is 2.19. The second kappa shape index (κ2) is 5.58. The van der Waals surface area contributed by atoms with Gasteiger partial charge < -0.3 is 9.47 Å². The van der Waals surface area contributed by atoms with Gasteiger partial charge in [0.25, 0.3) is 10.0 Å². The normalized spacial score (nSPS) is 21.3. The van der Waals surface area contributed by atoms with E-state index >= 15 is 0 Å². The van der Waals surface area contributed by atoms with Gasteiger partial charge in [-0.25, -0.2) is 13.2 Å². The van der Waals surface area contributed by atoms with Crippen LogP contribution in [0.3, 0.4) is 0 Å². The minimum absolute atomic E-state index is 0.00798. The van der Waals surface area contributed by atoms with Crippen molar-refractivity contribution in [2.24, 2.45) is 0 Å². The summed E-state index contributed by atoms with van der Waals surface area (Å²) in [5, 5.41) is 0. The molecule has 2 rings (SSSR count). The summed E-state index contributed by atoms with van der Waals surface area (Å²) in [6.07, 6.45) is -0.852. The van der Waals surface area contributed by atoms with Crippen LogP contribution < -0.4 is 0 Å². The molecule has 1 fully saturated rings. The maximum Gasteiger partial charge on any atom is 0.336 e. The van der Waals surface area contributed by atoms with Crippen LogP contribution >= 0.6 is 11.3 Å². The lowest BCUT2D eigenvalue weighted by Gasteiger charge is -2.30. The summed E-state index contributed by atoms with van der Waals surface area (Å²) >= 11 is 1.22. The first-order valence-corrected chi connectivity index (χ1v) is 7.97. The number of thiophene rings is 1. The molecule has 0 spiro atoms. The van der Waals surface area contributed by atoms with Crippen molar-refractivity contribution in [3.05, 3.63) is 17.0 Å². The van der Waals surface area contributed by atoms with Gasteiger partial charge in [-0.3, -0.25) is 0 Å². The van der Waals surface area contributed by atoms with Gasteiger partial charge in [-0.1, -0.05) is 0 Å². The van der Waals surface area contributed by atoms with Crippen LogP contribution in [0, 0.1) is 6.92 Å². The highest BCUT2D eigenvalue weighted by Gasteiger charge is 2.35. The largest absolute Gasteiger partial charge is 0.467 e. The number of hydrogen-bond acceptors (Lipinski definition) is 6. The SMILES string of the molecule is COC(=O)C1CN(S(=O)(=O)c2ccc(C)s2)CCO1. The molecule has 1 unspecified atom stereocenters. The van der Waals surface area contributed by atoms with Crippen molar-refractivity contribution >= 4 is 27.3 Å². The number of hydrogen-bond donors (Lipinski definition) is 0. The van der Waals surface area contributed by atoms with Crippen LogP contribution in [0.15, 0.2) is 16.3 Å². The third-order valence-electron chi connectivity index (χ3n) is 2.80. The number of carbonyl (C=O) groups excluding carboxylic acids is 1. The van der Waals surface area contributed by atoms with Crippen molar-refractivity contribution in [3.8, 4) is 0 Å².